The van der Waals surface area contributed by atoms with Gasteiger partial charge in [0.25, 0.3) is 0 Å². The van der Waals surface area contributed by atoms with Crippen molar-refractivity contribution < 1.29 is 9.90 Å². The van der Waals surface area contributed by atoms with Crippen LogP contribution in [0.2, 0.25) is 0 Å². The van der Waals surface area contributed by atoms with Crippen molar-refractivity contribution >= 4 is 21.7 Å². The van der Waals surface area contributed by atoms with Crippen LogP contribution in [-0.2, 0) is 0 Å². The van der Waals surface area contributed by atoms with Crippen LogP contribution >= 0.6 is 15.9 Å². The average Bonchev–Trinajstić information content (AvgIpc) is 2.97. The Balaban J connectivity index is 2.28. The van der Waals surface area contributed by atoms with E-state index in [1.165, 1.54) is 0 Å². The summed E-state index contributed by atoms with van der Waals surface area (Å²) in [6.45, 7) is -0.0294. The summed E-state index contributed by atoms with van der Waals surface area (Å²) < 4.78 is 0.900. The molecule has 1 N–H and O–H groups in total. The summed E-state index contributed by atoms with van der Waals surface area (Å²) in [4.78, 5) is 11.9. The van der Waals surface area contributed by atoms with Gasteiger partial charge in [-0.05, 0) is 25.0 Å². The first-order chi connectivity index (χ1) is 6.68. The summed E-state index contributed by atoms with van der Waals surface area (Å²) in [6.07, 6.45) is 1.63. The van der Waals surface area contributed by atoms with Crippen LogP contribution in [0.1, 0.15) is 23.2 Å². The van der Waals surface area contributed by atoms with E-state index in [2.05, 4.69) is 15.9 Å². The van der Waals surface area contributed by atoms with Gasteiger partial charge in [0.15, 0.2) is 5.78 Å². The molecule has 0 spiro atoms. The number of benzene rings is 1. The van der Waals surface area contributed by atoms with Gasteiger partial charge < -0.3 is 5.11 Å². The van der Waals surface area contributed by atoms with Crippen molar-refractivity contribution in [3.63, 3.8) is 0 Å². The molecule has 1 aliphatic carbocycles. The first-order valence-electron chi connectivity index (χ1n) is 4.59. The van der Waals surface area contributed by atoms with Gasteiger partial charge in [-0.1, -0.05) is 28.1 Å². The van der Waals surface area contributed by atoms with E-state index in [-0.39, 0.29) is 12.4 Å². The molecule has 0 bridgehead atoms. The molecule has 0 aliphatic heterocycles. The predicted molar refractivity (Wildman–Crippen MR) is 57.2 cm³/mol. The standard InChI is InChI=1S/C11H11BrO2/c12-9-3-1-2-8(6-9)10(14)11(7-13)4-5-11/h1-3,6,13H,4-5,7H2. The van der Waals surface area contributed by atoms with E-state index in [9.17, 15) is 4.79 Å². The first kappa shape index (κ1) is 9.87. The summed E-state index contributed by atoms with van der Waals surface area (Å²) in [5, 5.41) is 9.13. The van der Waals surface area contributed by atoms with Crippen LogP contribution < -0.4 is 0 Å². The van der Waals surface area contributed by atoms with Crippen LogP contribution in [-0.4, -0.2) is 17.5 Å². The van der Waals surface area contributed by atoms with Crippen LogP contribution in [0.15, 0.2) is 28.7 Å². The maximum absolute atomic E-state index is 11.9. The zero-order valence-corrected chi connectivity index (χ0v) is 9.25. The third-order valence-electron chi connectivity index (χ3n) is 2.72. The van der Waals surface area contributed by atoms with Gasteiger partial charge in [0.1, 0.15) is 0 Å². The van der Waals surface area contributed by atoms with Crippen LogP contribution in [0.25, 0.3) is 0 Å². The minimum absolute atomic E-state index is 0.0294. The molecule has 2 nitrogen and oxygen atoms in total. The van der Waals surface area contributed by atoms with E-state index in [1.807, 2.05) is 12.1 Å². The average molecular weight is 255 g/mol. The Hall–Kier alpha value is -0.670. The number of carbonyl (C=O) groups is 1. The number of rotatable bonds is 3. The fraction of sp³-hybridized carbons (Fsp3) is 0.364. The molecule has 2 rings (SSSR count). The molecule has 3 heteroatoms. The van der Waals surface area contributed by atoms with Crippen molar-refractivity contribution in [3.05, 3.63) is 34.3 Å². The van der Waals surface area contributed by atoms with Crippen molar-refractivity contribution in [2.45, 2.75) is 12.8 Å². The maximum atomic E-state index is 11.9. The Labute approximate surface area is 91.1 Å². The molecular weight excluding hydrogens is 244 g/mol. The lowest BCUT2D eigenvalue weighted by Crippen LogP contribution is -2.19. The Morgan fingerprint density at radius 2 is 2.21 bits per heavy atom. The second-order valence-corrected chi connectivity index (χ2v) is 4.69. The van der Waals surface area contributed by atoms with Gasteiger partial charge in [-0.3, -0.25) is 4.79 Å². The van der Waals surface area contributed by atoms with Gasteiger partial charge in [-0.25, -0.2) is 0 Å². The third kappa shape index (κ3) is 1.62. The van der Waals surface area contributed by atoms with E-state index in [0.29, 0.717) is 5.56 Å². The fourth-order valence-electron chi connectivity index (χ4n) is 1.54. The minimum Gasteiger partial charge on any atom is -0.395 e. The number of carbonyl (C=O) groups excluding carboxylic acids is 1. The Bertz CT molecular complexity index is 369. The van der Waals surface area contributed by atoms with Crippen molar-refractivity contribution in [1.82, 2.24) is 0 Å². The van der Waals surface area contributed by atoms with Crippen molar-refractivity contribution in [2.24, 2.45) is 5.41 Å². The lowest BCUT2D eigenvalue weighted by atomic mass is 9.96. The molecule has 0 amide bonds. The molecule has 1 aliphatic rings. The highest BCUT2D eigenvalue weighted by molar-refractivity contribution is 9.10. The quantitative estimate of drug-likeness (QED) is 0.842. The minimum atomic E-state index is -0.458. The molecule has 0 radical (unpaired) electrons. The lowest BCUT2D eigenvalue weighted by Gasteiger charge is -2.09. The van der Waals surface area contributed by atoms with Crippen LogP contribution in [0.3, 0.4) is 0 Å². The summed E-state index contributed by atoms with van der Waals surface area (Å²) in [6, 6.07) is 7.32. The van der Waals surface area contributed by atoms with Gasteiger partial charge in [-0.2, -0.15) is 0 Å². The van der Waals surface area contributed by atoms with Crippen molar-refractivity contribution in [3.8, 4) is 0 Å². The molecule has 14 heavy (non-hydrogen) atoms. The summed E-state index contributed by atoms with van der Waals surface area (Å²) in [5.74, 6) is 0.0706. The predicted octanol–water partition coefficient (Wildman–Crippen LogP) is 2.40. The van der Waals surface area contributed by atoms with Crippen LogP contribution in [0.5, 0.6) is 0 Å². The second-order valence-electron chi connectivity index (χ2n) is 3.78. The molecule has 0 saturated heterocycles. The highest BCUT2D eigenvalue weighted by Crippen LogP contribution is 2.47. The molecule has 1 fully saturated rings. The summed E-state index contributed by atoms with van der Waals surface area (Å²) in [7, 11) is 0. The molecule has 1 aromatic carbocycles. The van der Waals surface area contributed by atoms with E-state index in [0.717, 1.165) is 17.3 Å². The highest BCUT2D eigenvalue weighted by Gasteiger charge is 2.49. The normalized spacial score (nSPS) is 17.9. The van der Waals surface area contributed by atoms with Crippen molar-refractivity contribution in [1.29, 1.82) is 0 Å². The molecule has 1 saturated carbocycles. The van der Waals surface area contributed by atoms with Crippen LogP contribution in [0.4, 0.5) is 0 Å². The highest BCUT2D eigenvalue weighted by atomic mass is 79.9. The van der Waals surface area contributed by atoms with E-state index >= 15 is 0 Å². The monoisotopic (exact) mass is 254 g/mol. The van der Waals surface area contributed by atoms with E-state index in [1.54, 1.807) is 12.1 Å². The molecular formula is C11H11BrO2. The van der Waals surface area contributed by atoms with Gasteiger partial charge in [0.05, 0.1) is 12.0 Å². The van der Waals surface area contributed by atoms with Gasteiger partial charge in [0, 0.05) is 10.0 Å². The van der Waals surface area contributed by atoms with Gasteiger partial charge in [0.2, 0.25) is 0 Å². The number of halogens is 1. The first-order valence-corrected chi connectivity index (χ1v) is 5.38. The molecule has 0 unspecified atom stereocenters. The molecule has 0 aromatic heterocycles. The number of hydrogen-bond donors (Lipinski definition) is 1. The van der Waals surface area contributed by atoms with Crippen LogP contribution in [0, 0.1) is 5.41 Å². The summed E-state index contributed by atoms with van der Waals surface area (Å²) in [5.41, 5.74) is 0.228. The summed E-state index contributed by atoms with van der Waals surface area (Å²) >= 11 is 3.32. The number of aliphatic hydroxyl groups excluding tert-OH is 1. The number of Topliss-reactive ketones (excluding diaryl/α,β-unsaturated/α-hetero) is 1. The Morgan fingerprint density at radius 1 is 1.50 bits per heavy atom. The molecule has 0 atom stereocenters. The number of aliphatic hydroxyl groups is 1. The molecule has 1 aromatic rings. The topological polar surface area (TPSA) is 37.3 Å². The molecule has 74 valence electrons. The Kier molecular flexibility index (Phi) is 2.45. The maximum Gasteiger partial charge on any atom is 0.171 e. The SMILES string of the molecule is O=C(c1cccc(Br)c1)C1(CO)CC1. The van der Waals surface area contributed by atoms with Crippen molar-refractivity contribution in [2.75, 3.05) is 6.61 Å². The molecule has 0 heterocycles. The lowest BCUT2D eigenvalue weighted by molar-refractivity contribution is 0.0829. The second kappa shape index (κ2) is 3.48. The van der Waals surface area contributed by atoms with Gasteiger partial charge >= 0.3 is 0 Å². The van der Waals surface area contributed by atoms with E-state index < -0.39 is 5.41 Å². The third-order valence-corrected chi connectivity index (χ3v) is 3.22. The zero-order valence-electron chi connectivity index (χ0n) is 7.66. The van der Waals surface area contributed by atoms with Gasteiger partial charge in [-0.15, -0.1) is 0 Å². The fourth-order valence-corrected chi connectivity index (χ4v) is 1.94. The van der Waals surface area contributed by atoms with E-state index in [4.69, 9.17) is 5.11 Å². The zero-order chi connectivity index (χ0) is 10.2. The number of hydrogen-bond acceptors (Lipinski definition) is 2. The number of ketones is 1. The Morgan fingerprint density at radius 3 is 2.71 bits per heavy atom. The smallest absolute Gasteiger partial charge is 0.171 e. The largest absolute Gasteiger partial charge is 0.395 e.